The normalized spacial score (nSPS) is 26.9. The van der Waals surface area contributed by atoms with Crippen LogP contribution in [0.5, 0.6) is 0 Å². The molecule has 0 heterocycles. The molecular weight excluding hydrogens is 621 g/mol. The summed E-state index contributed by atoms with van der Waals surface area (Å²) in [6, 6.07) is -1.23. The highest BCUT2D eigenvalue weighted by atomic mass is 31.2. The van der Waals surface area contributed by atoms with E-state index in [1.807, 2.05) is 0 Å². The molecular formula is C32H62NO12P. The molecule has 13 nitrogen and oxygen atoms in total. The Hall–Kier alpha value is -0.960. The number of nitrogens with one attached hydrogen (secondary N) is 1. The van der Waals surface area contributed by atoms with Crippen molar-refractivity contribution in [2.75, 3.05) is 6.61 Å². The van der Waals surface area contributed by atoms with Gasteiger partial charge in [0.15, 0.2) is 0 Å². The first-order valence-electron chi connectivity index (χ1n) is 17.2. The molecule has 0 radical (unpaired) electrons. The van der Waals surface area contributed by atoms with Crippen molar-refractivity contribution >= 4 is 13.7 Å². The van der Waals surface area contributed by atoms with Gasteiger partial charge in [-0.25, -0.2) is 4.57 Å². The number of hydrogen-bond acceptors (Lipinski definition) is 11. The number of unbranched alkanes of at least 4 members (excludes halogenated alkanes) is 13. The lowest BCUT2D eigenvalue weighted by Crippen LogP contribution is -2.64. The van der Waals surface area contributed by atoms with Crippen molar-refractivity contribution in [2.45, 2.75) is 178 Å². The van der Waals surface area contributed by atoms with Crippen molar-refractivity contribution in [3.8, 4) is 0 Å². The Morgan fingerprint density at radius 2 is 1.24 bits per heavy atom. The van der Waals surface area contributed by atoms with Gasteiger partial charge in [-0.05, 0) is 19.3 Å². The fraction of sp³-hybridized carbons (Fsp3) is 0.906. The highest BCUT2D eigenvalue weighted by Crippen LogP contribution is 2.47. The standard InChI is InChI=1S/C32H62NO12P/c1-3-5-7-9-11-12-14-15-17-19-23(34)21-26(36)33-24(25(35)20-18-16-13-10-8-6-4-2)22-44-46(42,43)45-32-30(40)28(38)27(37)29(39)31(32)41/h18,20,23-25,27-32,34-35,37-41H,3-17,19,21-22H2,1-2H3,(H,33,36)(H,42,43)/b20-18+. The summed E-state index contributed by atoms with van der Waals surface area (Å²) in [6.45, 7) is 3.57. The summed E-state index contributed by atoms with van der Waals surface area (Å²) in [4.78, 5) is 23.1. The molecule has 8 atom stereocenters. The van der Waals surface area contributed by atoms with Gasteiger partial charge in [0.25, 0.3) is 0 Å². The minimum atomic E-state index is -5.11. The third-order valence-corrected chi connectivity index (χ3v) is 9.36. The predicted octanol–water partition coefficient (Wildman–Crippen LogP) is 2.74. The molecule has 14 heteroatoms. The van der Waals surface area contributed by atoms with Gasteiger partial charge in [0.2, 0.25) is 5.91 Å². The number of aliphatic hydroxyl groups is 7. The topological polar surface area (TPSA) is 226 Å². The monoisotopic (exact) mass is 683 g/mol. The van der Waals surface area contributed by atoms with Gasteiger partial charge in [-0.15, -0.1) is 0 Å². The molecule has 1 aliphatic rings. The lowest BCUT2D eigenvalue weighted by molar-refractivity contribution is -0.220. The minimum absolute atomic E-state index is 0.243. The van der Waals surface area contributed by atoms with Crippen LogP contribution in [0.1, 0.15) is 123 Å². The van der Waals surface area contributed by atoms with Gasteiger partial charge in [0.05, 0.1) is 31.3 Å². The molecule has 1 fully saturated rings. The summed E-state index contributed by atoms with van der Waals surface area (Å²) in [5.41, 5.74) is 0. The SMILES string of the molecule is CCCCCCC/C=C/C(O)C(COP(=O)(O)OC1C(O)C(O)C(O)C(O)C1O)NC(=O)CC(O)CCCCCCCCCCC. The van der Waals surface area contributed by atoms with Crippen LogP contribution in [-0.4, -0.2) is 108 Å². The van der Waals surface area contributed by atoms with Crippen LogP contribution in [0.4, 0.5) is 0 Å². The van der Waals surface area contributed by atoms with Crippen molar-refractivity contribution in [1.82, 2.24) is 5.32 Å². The molecule has 8 unspecified atom stereocenters. The van der Waals surface area contributed by atoms with E-state index in [0.29, 0.717) is 12.8 Å². The quantitative estimate of drug-likeness (QED) is 0.0365. The van der Waals surface area contributed by atoms with Gasteiger partial charge in [-0.3, -0.25) is 13.8 Å². The van der Waals surface area contributed by atoms with Crippen molar-refractivity contribution in [1.29, 1.82) is 0 Å². The molecule has 1 rings (SSSR count). The van der Waals surface area contributed by atoms with Crippen LogP contribution >= 0.6 is 7.82 Å². The molecule has 9 N–H and O–H groups in total. The van der Waals surface area contributed by atoms with E-state index in [4.69, 9.17) is 9.05 Å². The molecule has 0 aromatic heterocycles. The van der Waals surface area contributed by atoms with Gasteiger partial charge in [-0.2, -0.15) is 0 Å². The van der Waals surface area contributed by atoms with Crippen LogP contribution in [-0.2, 0) is 18.4 Å². The molecule has 1 aliphatic carbocycles. The van der Waals surface area contributed by atoms with Crippen molar-refractivity contribution in [3.05, 3.63) is 12.2 Å². The van der Waals surface area contributed by atoms with Crippen LogP contribution in [0.25, 0.3) is 0 Å². The van der Waals surface area contributed by atoms with E-state index in [0.717, 1.165) is 57.8 Å². The van der Waals surface area contributed by atoms with Crippen LogP contribution < -0.4 is 5.32 Å². The average Bonchev–Trinajstić information content (AvgIpc) is 3.01. The Labute approximate surface area is 274 Å². The molecule has 272 valence electrons. The molecule has 1 amide bonds. The Kier molecular flexibility index (Phi) is 22.7. The highest BCUT2D eigenvalue weighted by Gasteiger charge is 2.51. The van der Waals surface area contributed by atoms with Gasteiger partial charge >= 0.3 is 7.82 Å². The van der Waals surface area contributed by atoms with E-state index >= 15 is 0 Å². The Morgan fingerprint density at radius 3 is 1.78 bits per heavy atom. The second kappa shape index (κ2) is 24.2. The zero-order valence-corrected chi connectivity index (χ0v) is 28.6. The number of phosphoric acid groups is 1. The zero-order chi connectivity index (χ0) is 34.5. The Morgan fingerprint density at radius 1 is 0.761 bits per heavy atom. The van der Waals surface area contributed by atoms with E-state index in [-0.39, 0.29) is 6.42 Å². The number of carbonyl (C=O) groups excluding carboxylic acids is 1. The number of allylic oxidation sites excluding steroid dienone is 1. The van der Waals surface area contributed by atoms with Crippen molar-refractivity contribution in [2.24, 2.45) is 0 Å². The largest absolute Gasteiger partial charge is 0.472 e. The molecule has 0 aliphatic heterocycles. The minimum Gasteiger partial charge on any atom is -0.393 e. The fourth-order valence-corrected chi connectivity index (χ4v) is 6.38. The molecule has 0 saturated heterocycles. The van der Waals surface area contributed by atoms with Gasteiger partial charge < -0.3 is 46.0 Å². The van der Waals surface area contributed by atoms with E-state index in [1.165, 1.54) is 38.2 Å². The number of phosphoric ester groups is 1. The first kappa shape index (κ1) is 43.1. The summed E-state index contributed by atoms with van der Waals surface area (Å²) in [7, 11) is -5.11. The second-order valence-corrected chi connectivity index (χ2v) is 14.0. The van der Waals surface area contributed by atoms with Crippen LogP contribution in [0.15, 0.2) is 12.2 Å². The predicted molar refractivity (Wildman–Crippen MR) is 174 cm³/mol. The number of carbonyl (C=O) groups is 1. The third-order valence-electron chi connectivity index (χ3n) is 8.37. The number of rotatable bonds is 26. The van der Waals surface area contributed by atoms with Crippen LogP contribution in [0, 0.1) is 0 Å². The van der Waals surface area contributed by atoms with Gasteiger partial charge in [0.1, 0.15) is 36.6 Å². The van der Waals surface area contributed by atoms with Crippen molar-refractivity contribution in [3.63, 3.8) is 0 Å². The smallest absolute Gasteiger partial charge is 0.393 e. The fourth-order valence-electron chi connectivity index (χ4n) is 5.41. The van der Waals surface area contributed by atoms with Crippen LogP contribution in [0.3, 0.4) is 0 Å². The zero-order valence-electron chi connectivity index (χ0n) is 27.7. The van der Waals surface area contributed by atoms with Crippen LogP contribution in [0.2, 0.25) is 0 Å². The molecule has 0 bridgehead atoms. The number of hydrogen-bond donors (Lipinski definition) is 9. The number of aliphatic hydroxyl groups excluding tert-OH is 7. The maximum atomic E-state index is 12.8. The Balaban J connectivity index is 2.71. The van der Waals surface area contributed by atoms with Gasteiger partial charge in [-0.1, -0.05) is 109 Å². The average molecular weight is 684 g/mol. The second-order valence-electron chi connectivity index (χ2n) is 12.6. The Bertz CT molecular complexity index is 864. The van der Waals surface area contributed by atoms with Crippen molar-refractivity contribution < 1.29 is 59.0 Å². The van der Waals surface area contributed by atoms with Gasteiger partial charge in [0, 0.05) is 0 Å². The summed E-state index contributed by atoms with van der Waals surface area (Å²) in [6.07, 6.45) is 5.25. The maximum absolute atomic E-state index is 12.8. The summed E-state index contributed by atoms with van der Waals surface area (Å²) < 4.78 is 22.5. The van der Waals surface area contributed by atoms with E-state index in [1.54, 1.807) is 6.08 Å². The third kappa shape index (κ3) is 17.4. The molecule has 46 heavy (non-hydrogen) atoms. The summed E-state index contributed by atoms with van der Waals surface area (Å²) in [5.74, 6) is -0.601. The van der Waals surface area contributed by atoms with E-state index in [9.17, 15) is 50.0 Å². The molecule has 0 aromatic carbocycles. The molecule has 0 spiro atoms. The maximum Gasteiger partial charge on any atom is 0.472 e. The molecule has 0 aromatic rings. The van der Waals surface area contributed by atoms with E-state index in [2.05, 4.69) is 19.2 Å². The first-order valence-corrected chi connectivity index (χ1v) is 18.7. The lowest BCUT2D eigenvalue weighted by Gasteiger charge is -2.41. The lowest BCUT2D eigenvalue weighted by atomic mass is 9.85. The van der Waals surface area contributed by atoms with E-state index < -0.39 is 75.2 Å². The number of amides is 1. The summed E-state index contributed by atoms with van der Waals surface area (Å²) in [5, 5.41) is 73.5. The molecule has 1 saturated carbocycles. The highest BCUT2D eigenvalue weighted by molar-refractivity contribution is 7.47. The first-order chi connectivity index (χ1) is 21.8. The summed E-state index contributed by atoms with van der Waals surface area (Å²) >= 11 is 0.